The highest BCUT2D eigenvalue weighted by Crippen LogP contribution is 2.20. The minimum atomic E-state index is -3.31. The Balaban J connectivity index is 1.80. The minimum Gasteiger partial charge on any atom is -0.320 e. The zero-order valence-corrected chi connectivity index (χ0v) is 14.9. The normalized spacial score (nSPS) is 11.3. The molecule has 8 heteroatoms. The average Bonchev–Trinajstić information content (AvgIpc) is 3.06. The van der Waals surface area contributed by atoms with Gasteiger partial charge in [-0.2, -0.15) is 5.10 Å². The molecule has 134 valence electrons. The molecule has 6 nitrogen and oxygen atoms in total. The van der Waals surface area contributed by atoms with E-state index in [4.69, 9.17) is 0 Å². The van der Waals surface area contributed by atoms with Crippen molar-refractivity contribution in [2.24, 2.45) is 0 Å². The van der Waals surface area contributed by atoms with E-state index in [2.05, 4.69) is 10.4 Å². The average molecular weight is 373 g/mol. The highest BCUT2D eigenvalue weighted by molar-refractivity contribution is 7.90. The number of nitrogens with one attached hydrogen (secondary N) is 1. The standard InChI is InChI=1S/C18H16FN3O3S/c1-12-11-15(26(2,24)25)7-8-16(12)20-18(23)17-9-10-22(21-17)14-5-3-13(19)4-6-14/h3-11H,1-2H3,(H,20,23). The van der Waals surface area contributed by atoms with Crippen LogP contribution in [0.2, 0.25) is 0 Å². The number of amides is 1. The van der Waals surface area contributed by atoms with Gasteiger partial charge in [-0.1, -0.05) is 0 Å². The molecule has 1 heterocycles. The Morgan fingerprint density at radius 3 is 2.42 bits per heavy atom. The molecule has 3 aromatic rings. The second-order valence-corrected chi connectivity index (χ2v) is 7.84. The van der Waals surface area contributed by atoms with Crippen LogP contribution in [0.15, 0.2) is 59.6 Å². The molecule has 1 N–H and O–H groups in total. The summed E-state index contributed by atoms with van der Waals surface area (Å²) in [5.74, 6) is -0.784. The van der Waals surface area contributed by atoms with E-state index in [0.29, 0.717) is 16.9 Å². The van der Waals surface area contributed by atoms with Gasteiger partial charge in [0.1, 0.15) is 5.82 Å². The third-order valence-corrected chi connectivity index (χ3v) is 4.90. The van der Waals surface area contributed by atoms with Crippen LogP contribution >= 0.6 is 0 Å². The van der Waals surface area contributed by atoms with Crippen molar-refractivity contribution in [1.82, 2.24) is 9.78 Å². The molecule has 0 radical (unpaired) electrons. The number of hydrogen-bond donors (Lipinski definition) is 1. The zero-order chi connectivity index (χ0) is 18.9. The summed E-state index contributed by atoms with van der Waals surface area (Å²) in [7, 11) is -3.31. The molecular formula is C18H16FN3O3S. The first kappa shape index (κ1) is 17.8. The maximum atomic E-state index is 13.0. The zero-order valence-electron chi connectivity index (χ0n) is 14.1. The van der Waals surface area contributed by atoms with E-state index in [1.807, 2.05) is 0 Å². The molecule has 0 spiro atoms. The predicted octanol–water partition coefficient (Wildman–Crippen LogP) is 2.98. The Kier molecular flexibility index (Phi) is 4.60. The van der Waals surface area contributed by atoms with Gasteiger partial charge in [0, 0.05) is 18.1 Å². The van der Waals surface area contributed by atoms with Crippen molar-refractivity contribution in [1.29, 1.82) is 0 Å². The summed E-state index contributed by atoms with van der Waals surface area (Å²) in [5.41, 5.74) is 1.93. The van der Waals surface area contributed by atoms with Crippen molar-refractivity contribution in [3.63, 3.8) is 0 Å². The third kappa shape index (κ3) is 3.80. The van der Waals surface area contributed by atoms with Gasteiger partial charge in [-0.25, -0.2) is 17.5 Å². The number of rotatable bonds is 4. The topological polar surface area (TPSA) is 81.1 Å². The summed E-state index contributed by atoms with van der Waals surface area (Å²) in [5, 5.41) is 6.89. The fourth-order valence-corrected chi connectivity index (χ4v) is 3.08. The molecule has 0 fully saturated rings. The van der Waals surface area contributed by atoms with Crippen LogP contribution in [0.5, 0.6) is 0 Å². The molecule has 0 aliphatic carbocycles. The molecule has 26 heavy (non-hydrogen) atoms. The molecule has 0 saturated carbocycles. The lowest BCUT2D eigenvalue weighted by Crippen LogP contribution is -2.14. The van der Waals surface area contributed by atoms with Crippen molar-refractivity contribution in [2.45, 2.75) is 11.8 Å². The fourth-order valence-electron chi connectivity index (χ4n) is 2.38. The molecule has 0 unspecified atom stereocenters. The number of hydrogen-bond acceptors (Lipinski definition) is 4. The number of carbonyl (C=O) groups excluding carboxylic acids is 1. The molecule has 2 aromatic carbocycles. The first-order valence-corrected chi connectivity index (χ1v) is 9.57. The first-order chi connectivity index (χ1) is 12.2. The van der Waals surface area contributed by atoms with E-state index >= 15 is 0 Å². The number of halogens is 1. The fraction of sp³-hybridized carbons (Fsp3) is 0.111. The van der Waals surface area contributed by atoms with Crippen molar-refractivity contribution in [3.8, 4) is 5.69 Å². The smallest absolute Gasteiger partial charge is 0.276 e. The molecule has 0 atom stereocenters. The monoisotopic (exact) mass is 373 g/mol. The quantitative estimate of drug-likeness (QED) is 0.762. The van der Waals surface area contributed by atoms with E-state index < -0.39 is 15.7 Å². The first-order valence-electron chi connectivity index (χ1n) is 7.68. The van der Waals surface area contributed by atoms with Crippen molar-refractivity contribution in [3.05, 3.63) is 71.8 Å². The minimum absolute atomic E-state index is 0.181. The number of carbonyl (C=O) groups is 1. The van der Waals surface area contributed by atoms with E-state index in [1.165, 1.54) is 28.9 Å². The van der Waals surface area contributed by atoms with Crippen LogP contribution in [-0.2, 0) is 9.84 Å². The predicted molar refractivity (Wildman–Crippen MR) is 95.8 cm³/mol. The molecule has 3 rings (SSSR count). The Labute approximate surface area is 150 Å². The van der Waals surface area contributed by atoms with Gasteiger partial charge in [0.2, 0.25) is 0 Å². The number of benzene rings is 2. The third-order valence-electron chi connectivity index (χ3n) is 3.79. The van der Waals surface area contributed by atoms with E-state index in [9.17, 15) is 17.6 Å². The number of aryl methyl sites for hydroxylation is 1. The largest absolute Gasteiger partial charge is 0.320 e. The molecule has 0 bridgehead atoms. The lowest BCUT2D eigenvalue weighted by molar-refractivity contribution is 0.102. The summed E-state index contributed by atoms with van der Waals surface area (Å²) >= 11 is 0. The SMILES string of the molecule is Cc1cc(S(C)(=O)=O)ccc1NC(=O)c1ccn(-c2ccc(F)cc2)n1. The second-order valence-electron chi connectivity index (χ2n) is 5.82. The molecule has 1 aromatic heterocycles. The summed E-state index contributed by atoms with van der Waals surface area (Å²) in [6.07, 6.45) is 2.73. The van der Waals surface area contributed by atoms with Gasteiger partial charge in [-0.05, 0) is 61.0 Å². The molecule has 0 aliphatic rings. The van der Waals surface area contributed by atoms with E-state index in [1.54, 1.807) is 37.4 Å². The van der Waals surface area contributed by atoms with E-state index in [0.717, 1.165) is 6.26 Å². The van der Waals surface area contributed by atoms with Gasteiger partial charge in [-0.15, -0.1) is 0 Å². The highest BCUT2D eigenvalue weighted by Gasteiger charge is 2.14. The van der Waals surface area contributed by atoms with Gasteiger partial charge in [0.25, 0.3) is 5.91 Å². The van der Waals surface area contributed by atoms with Crippen LogP contribution in [0.1, 0.15) is 16.1 Å². The summed E-state index contributed by atoms with van der Waals surface area (Å²) in [6.45, 7) is 1.71. The molecule has 1 amide bonds. The van der Waals surface area contributed by atoms with Gasteiger partial charge < -0.3 is 5.32 Å². The van der Waals surface area contributed by atoms with Gasteiger partial charge in [0.15, 0.2) is 15.5 Å². The maximum Gasteiger partial charge on any atom is 0.276 e. The Morgan fingerprint density at radius 1 is 1.12 bits per heavy atom. The lowest BCUT2D eigenvalue weighted by atomic mass is 10.2. The van der Waals surface area contributed by atoms with E-state index in [-0.39, 0.29) is 16.4 Å². The molecule has 0 aliphatic heterocycles. The number of sulfone groups is 1. The maximum absolute atomic E-state index is 13.0. The number of aromatic nitrogens is 2. The summed E-state index contributed by atoms with van der Waals surface area (Å²) in [4.78, 5) is 12.6. The van der Waals surface area contributed by atoms with Crippen LogP contribution in [0.3, 0.4) is 0 Å². The molecule has 0 saturated heterocycles. The van der Waals surface area contributed by atoms with Gasteiger partial charge in [0.05, 0.1) is 10.6 Å². The number of nitrogens with zero attached hydrogens (tertiary/aromatic N) is 2. The Hall–Kier alpha value is -3.00. The highest BCUT2D eigenvalue weighted by atomic mass is 32.2. The van der Waals surface area contributed by atoms with Gasteiger partial charge in [-0.3, -0.25) is 4.79 Å². The van der Waals surface area contributed by atoms with Crippen molar-refractivity contribution >= 4 is 21.4 Å². The summed E-state index contributed by atoms with van der Waals surface area (Å²) < 4.78 is 37.6. The van der Waals surface area contributed by atoms with Crippen molar-refractivity contribution in [2.75, 3.05) is 11.6 Å². The van der Waals surface area contributed by atoms with Gasteiger partial charge >= 0.3 is 0 Å². The lowest BCUT2D eigenvalue weighted by Gasteiger charge is -2.08. The second kappa shape index (κ2) is 6.72. The van der Waals surface area contributed by atoms with Crippen LogP contribution < -0.4 is 5.32 Å². The molecular weight excluding hydrogens is 357 g/mol. The Bertz CT molecular complexity index is 1070. The summed E-state index contributed by atoms with van der Waals surface area (Å²) in [6, 6.07) is 11.7. The Morgan fingerprint density at radius 2 is 1.81 bits per heavy atom. The van der Waals surface area contributed by atoms with Crippen LogP contribution in [0.4, 0.5) is 10.1 Å². The van der Waals surface area contributed by atoms with Crippen LogP contribution in [-0.4, -0.2) is 30.4 Å². The van der Waals surface area contributed by atoms with Crippen molar-refractivity contribution < 1.29 is 17.6 Å². The van der Waals surface area contributed by atoms with Crippen LogP contribution in [0.25, 0.3) is 5.69 Å². The number of anilines is 1. The van der Waals surface area contributed by atoms with Crippen LogP contribution in [0, 0.1) is 12.7 Å².